The summed E-state index contributed by atoms with van der Waals surface area (Å²) in [5.41, 5.74) is 1.60. The third-order valence-corrected chi connectivity index (χ3v) is 8.24. The van der Waals surface area contributed by atoms with Gasteiger partial charge in [-0.05, 0) is 53.5 Å². The van der Waals surface area contributed by atoms with Gasteiger partial charge >= 0.3 is 6.09 Å². The van der Waals surface area contributed by atoms with Crippen molar-refractivity contribution in [3.05, 3.63) is 83.9 Å². The van der Waals surface area contributed by atoms with E-state index in [2.05, 4.69) is 21.3 Å². The van der Waals surface area contributed by atoms with Gasteiger partial charge in [-0.2, -0.15) is 5.26 Å². The zero-order valence-electron chi connectivity index (χ0n) is 26.8. The van der Waals surface area contributed by atoms with Crippen molar-refractivity contribution < 1.29 is 29.0 Å². The maximum atomic E-state index is 13.9. The molecule has 11 nitrogen and oxygen atoms in total. The zero-order chi connectivity index (χ0) is 33.8. The smallest absolute Gasteiger partial charge is 0.408 e. The number of nitrogens with one attached hydrogen (secondary N) is 4. The molecule has 0 radical (unpaired) electrons. The van der Waals surface area contributed by atoms with Crippen molar-refractivity contribution >= 4 is 34.6 Å². The van der Waals surface area contributed by atoms with Crippen molar-refractivity contribution in [3.63, 3.8) is 0 Å². The lowest BCUT2D eigenvalue weighted by molar-refractivity contribution is -0.131. The van der Waals surface area contributed by atoms with E-state index in [0.717, 1.165) is 28.3 Å². The van der Waals surface area contributed by atoms with Gasteiger partial charge in [-0.15, -0.1) is 0 Å². The van der Waals surface area contributed by atoms with E-state index in [9.17, 15) is 29.5 Å². The summed E-state index contributed by atoms with van der Waals surface area (Å²) < 4.78 is 5.42. The number of rotatable bonds is 14. The number of fused-ring (bicyclic) bond motifs is 1. The van der Waals surface area contributed by atoms with Crippen LogP contribution in [0.3, 0.4) is 0 Å². The summed E-state index contributed by atoms with van der Waals surface area (Å²) in [5.74, 6) is -1.87. The Morgan fingerprint density at radius 2 is 1.66 bits per heavy atom. The lowest BCUT2D eigenvalue weighted by Gasteiger charge is -2.30. The quantitative estimate of drug-likeness (QED) is 0.168. The minimum Gasteiger partial charge on any atom is -0.445 e. The summed E-state index contributed by atoms with van der Waals surface area (Å²) in [4.78, 5) is 52.9. The van der Waals surface area contributed by atoms with E-state index in [1.165, 1.54) is 0 Å². The Labute approximate surface area is 275 Å². The highest BCUT2D eigenvalue weighted by atomic mass is 16.5. The van der Waals surface area contributed by atoms with Gasteiger partial charge in [0, 0.05) is 18.9 Å². The van der Waals surface area contributed by atoms with Crippen molar-refractivity contribution in [1.29, 1.82) is 5.26 Å². The van der Waals surface area contributed by atoms with Gasteiger partial charge in [-0.3, -0.25) is 14.4 Å². The predicted octanol–water partition coefficient (Wildman–Crippen LogP) is 3.49. The number of hydrogen-bond donors (Lipinski definition) is 5. The highest BCUT2D eigenvalue weighted by Gasteiger charge is 2.33. The van der Waals surface area contributed by atoms with Crippen LogP contribution in [0.15, 0.2) is 72.8 Å². The first-order valence-corrected chi connectivity index (χ1v) is 16.0. The average molecular weight is 642 g/mol. The molecular formula is C36H43N5O6. The highest BCUT2D eigenvalue weighted by Crippen LogP contribution is 2.21. The van der Waals surface area contributed by atoms with Crippen LogP contribution in [-0.4, -0.2) is 59.7 Å². The molecule has 5 atom stereocenters. The Bertz CT molecular complexity index is 1570. The van der Waals surface area contributed by atoms with Gasteiger partial charge in [-0.1, -0.05) is 86.6 Å². The molecule has 0 saturated carbocycles. The molecule has 1 fully saturated rings. The summed E-state index contributed by atoms with van der Waals surface area (Å²) in [7, 11) is 0. The highest BCUT2D eigenvalue weighted by molar-refractivity contribution is 5.93. The minimum absolute atomic E-state index is 0.00921. The molecule has 1 aliphatic heterocycles. The lowest BCUT2D eigenvalue weighted by atomic mass is 9.89. The van der Waals surface area contributed by atoms with Crippen molar-refractivity contribution in [3.8, 4) is 6.07 Å². The fraction of sp³-hybridized carbons (Fsp3) is 0.417. The third-order valence-electron chi connectivity index (χ3n) is 8.24. The second-order valence-corrected chi connectivity index (χ2v) is 12.3. The molecule has 11 heteroatoms. The van der Waals surface area contributed by atoms with E-state index < -0.39 is 48.1 Å². The summed E-state index contributed by atoms with van der Waals surface area (Å²) >= 11 is 0. The van der Waals surface area contributed by atoms with Crippen LogP contribution in [0.1, 0.15) is 50.7 Å². The van der Waals surface area contributed by atoms with Gasteiger partial charge in [0.2, 0.25) is 17.7 Å². The lowest BCUT2D eigenvalue weighted by Crippen LogP contribution is -2.57. The first-order chi connectivity index (χ1) is 22.6. The first-order valence-electron chi connectivity index (χ1n) is 16.0. The van der Waals surface area contributed by atoms with E-state index >= 15 is 0 Å². The maximum absolute atomic E-state index is 13.9. The second-order valence-electron chi connectivity index (χ2n) is 12.3. The van der Waals surface area contributed by atoms with Gasteiger partial charge < -0.3 is 31.1 Å². The van der Waals surface area contributed by atoms with Crippen LogP contribution < -0.4 is 21.3 Å². The Morgan fingerprint density at radius 3 is 2.38 bits per heavy atom. The number of aliphatic hydroxyl groups excluding tert-OH is 1. The first kappa shape index (κ1) is 34.9. The van der Waals surface area contributed by atoms with Crippen LogP contribution >= 0.6 is 0 Å². The molecule has 4 rings (SSSR count). The molecular weight excluding hydrogens is 598 g/mol. The number of carbonyl (C=O) groups is 4. The van der Waals surface area contributed by atoms with Gasteiger partial charge in [0.1, 0.15) is 18.7 Å². The summed E-state index contributed by atoms with van der Waals surface area (Å²) in [6.07, 6.45) is -0.569. The second kappa shape index (κ2) is 17.1. The molecule has 4 amide bonds. The number of nitrogens with zero attached hydrogens (tertiary/aromatic N) is 1. The molecule has 248 valence electrons. The molecule has 47 heavy (non-hydrogen) atoms. The number of benzene rings is 3. The Hall–Kier alpha value is -4.95. The van der Waals surface area contributed by atoms with Crippen LogP contribution in [0.2, 0.25) is 0 Å². The van der Waals surface area contributed by atoms with Gasteiger partial charge in [-0.25, -0.2) is 4.79 Å². The maximum Gasteiger partial charge on any atom is 0.408 e. The number of nitriles is 1. The number of ether oxygens (including phenoxy) is 1. The molecule has 5 N–H and O–H groups in total. The van der Waals surface area contributed by atoms with Crippen molar-refractivity contribution in [1.82, 2.24) is 21.3 Å². The molecule has 0 bridgehead atoms. The number of carbonyl (C=O) groups excluding carboxylic acids is 4. The summed E-state index contributed by atoms with van der Waals surface area (Å²) in [5, 5.41) is 32.8. The van der Waals surface area contributed by atoms with Crippen LogP contribution in [-0.2, 0) is 32.1 Å². The van der Waals surface area contributed by atoms with E-state index in [1.54, 1.807) is 6.07 Å². The fourth-order valence-electron chi connectivity index (χ4n) is 5.79. The molecule has 3 aromatic rings. The zero-order valence-corrected chi connectivity index (χ0v) is 26.8. The van der Waals surface area contributed by atoms with Gasteiger partial charge in [0.15, 0.2) is 6.10 Å². The largest absolute Gasteiger partial charge is 0.445 e. The molecule has 0 aromatic heterocycles. The molecule has 1 saturated heterocycles. The van der Waals surface area contributed by atoms with Gasteiger partial charge in [0.05, 0.1) is 12.1 Å². The monoisotopic (exact) mass is 641 g/mol. The van der Waals surface area contributed by atoms with E-state index in [-0.39, 0.29) is 37.7 Å². The van der Waals surface area contributed by atoms with Crippen molar-refractivity contribution in [2.24, 2.45) is 11.8 Å². The molecule has 3 aromatic carbocycles. The third kappa shape index (κ3) is 10.3. The molecule has 1 unspecified atom stereocenters. The van der Waals surface area contributed by atoms with Crippen LogP contribution in [0.25, 0.3) is 10.8 Å². The van der Waals surface area contributed by atoms with Crippen molar-refractivity contribution in [2.45, 2.75) is 76.8 Å². The van der Waals surface area contributed by atoms with Gasteiger partial charge in [0.25, 0.3) is 0 Å². The van der Waals surface area contributed by atoms with E-state index in [0.29, 0.717) is 13.0 Å². The summed E-state index contributed by atoms with van der Waals surface area (Å²) in [6.45, 7) is 4.36. The Kier molecular flexibility index (Phi) is 12.7. The Balaban J connectivity index is 1.53. The average Bonchev–Trinajstić information content (AvgIpc) is 3.07. The van der Waals surface area contributed by atoms with E-state index in [1.807, 2.05) is 86.6 Å². The standard InChI is InChI=1S/C36H43N5O6/c1-23(2)18-30(34(44)39-29(32(42)21-37)20-27-15-9-17-38-33(27)43)40-35(45)31(41-36(46)47-22-24-10-4-3-5-11-24)19-26-14-8-13-25-12-6-7-16-28(25)26/h3-8,10-14,16,23,27,29-32,42H,9,15,17-20,22H2,1-2H3,(H,38,43)(H,39,44)(H,40,45)(H,41,46)/t27-,29-,30-,31-,32?/m0/s1. The van der Waals surface area contributed by atoms with E-state index in [4.69, 9.17) is 4.74 Å². The van der Waals surface area contributed by atoms with Crippen LogP contribution in [0, 0.1) is 23.2 Å². The number of hydrogen-bond acceptors (Lipinski definition) is 7. The van der Waals surface area contributed by atoms with Crippen molar-refractivity contribution in [2.75, 3.05) is 6.54 Å². The Morgan fingerprint density at radius 1 is 0.957 bits per heavy atom. The van der Waals surface area contributed by atoms with Crippen LogP contribution in [0.4, 0.5) is 4.79 Å². The minimum atomic E-state index is -1.55. The number of alkyl carbamates (subject to hydrolysis) is 1. The van der Waals surface area contributed by atoms with Crippen LogP contribution in [0.5, 0.6) is 0 Å². The molecule has 0 aliphatic carbocycles. The fourth-order valence-corrected chi connectivity index (χ4v) is 5.79. The normalized spacial score (nSPS) is 17.0. The molecule has 1 heterocycles. The number of amides is 4. The number of aliphatic hydroxyl groups is 1. The SMILES string of the molecule is CC(C)C[C@H](NC(=O)[C@H](Cc1cccc2ccccc12)NC(=O)OCc1ccccc1)C(=O)N[C@@H](C[C@@H]1CCCNC1=O)C(O)C#N. The predicted molar refractivity (Wildman–Crippen MR) is 176 cm³/mol. The topological polar surface area (TPSA) is 170 Å². The molecule has 1 aliphatic rings. The molecule has 0 spiro atoms. The number of piperidine rings is 1. The summed E-state index contributed by atoms with van der Waals surface area (Å²) in [6, 6.07) is 21.2.